The van der Waals surface area contributed by atoms with Crippen molar-refractivity contribution in [2.24, 2.45) is 17.4 Å². The quantitative estimate of drug-likeness (QED) is 0.0651. The molecule has 0 saturated heterocycles. The summed E-state index contributed by atoms with van der Waals surface area (Å²) in [5, 5.41) is 40.9. The normalized spacial score (nSPS) is 13.9. The number of primary amides is 1. The van der Waals surface area contributed by atoms with Crippen molar-refractivity contribution in [3.8, 4) is 11.5 Å². The Bertz CT molecular complexity index is 1680. The summed E-state index contributed by atoms with van der Waals surface area (Å²) in [6.07, 6.45) is 3.50. The van der Waals surface area contributed by atoms with Crippen LogP contribution in [0.25, 0.3) is 0 Å². The van der Waals surface area contributed by atoms with Crippen molar-refractivity contribution in [1.82, 2.24) is 26.6 Å². The molecule has 2 aromatic rings. The highest BCUT2D eigenvalue weighted by Crippen LogP contribution is 2.17. The molecule has 17 nitrogen and oxygen atoms in total. The molecule has 0 radical (unpaired) electrons. The van der Waals surface area contributed by atoms with E-state index < -0.39 is 78.5 Å². The number of aliphatic carboxylic acids is 1. The number of nitrogens with two attached hydrogens (primary N) is 2. The van der Waals surface area contributed by atoms with Crippen LogP contribution in [0.15, 0.2) is 60.2 Å². The number of hydrogen-bond donors (Lipinski definition) is 10. The number of hydrogen-bond acceptors (Lipinski definition) is 10. The molecule has 306 valence electrons. The fraction of sp³-hybridized carbons (Fsp3) is 0.462. The van der Waals surface area contributed by atoms with Crippen molar-refractivity contribution in [3.05, 3.63) is 71.3 Å². The topological polar surface area (TPSA) is 292 Å². The van der Waals surface area contributed by atoms with Crippen LogP contribution in [0.2, 0.25) is 0 Å². The summed E-state index contributed by atoms with van der Waals surface area (Å²) in [5.74, 6) is -5.82. The van der Waals surface area contributed by atoms with E-state index in [4.69, 9.17) is 11.5 Å². The van der Waals surface area contributed by atoms with Gasteiger partial charge in [0.2, 0.25) is 35.4 Å². The Morgan fingerprint density at radius 2 is 1.27 bits per heavy atom. The Morgan fingerprint density at radius 3 is 1.80 bits per heavy atom. The van der Waals surface area contributed by atoms with E-state index in [9.17, 15) is 48.9 Å². The second-order valence-corrected chi connectivity index (χ2v) is 13.7. The van der Waals surface area contributed by atoms with Crippen LogP contribution in [-0.2, 0) is 46.4 Å². The maximum absolute atomic E-state index is 13.5. The summed E-state index contributed by atoms with van der Waals surface area (Å²) < 4.78 is 0. The monoisotopic (exact) mass is 781 g/mol. The zero-order valence-corrected chi connectivity index (χ0v) is 32.0. The molecule has 2 aromatic carbocycles. The Morgan fingerprint density at radius 1 is 0.714 bits per heavy atom. The van der Waals surface area contributed by atoms with Gasteiger partial charge in [-0.05, 0) is 74.4 Å². The molecule has 17 heteroatoms. The minimum atomic E-state index is -1.44. The van der Waals surface area contributed by atoms with Crippen molar-refractivity contribution >= 4 is 41.4 Å². The van der Waals surface area contributed by atoms with E-state index in [-0.39, 0.29) is 49.6 Å². The lowest BCUT2D eigenvalue weighted by Crippen LogP contribution is -2.56. The van der Waals surface area contributed by atoms with Crippen molar-refractivity contribution in [3.63, 3.8) is 0 Å². The largest absolute Gasteiger partial charge is 0.508 e. The number of phenolic OH excluding ortho intramolecular Hbond substituents is 2. The van der Waals surface area contributed by atoms with Gasteiger partial charge in [-0.1, -0.05) is 42.8 Å². The fourth-order valence-electron chi connectivity index (χ4n) is 5.49. The highest BCUT2D eigenvalue weighted by molar-refractivity contribution is 5.95. The van der Waals surface area contributed by atoms with E-state index in [2.05, 4.69) is 26.6 Å². The van der Waals surface area contributed by atoms with Gasteiger partial charge in [-0.3, -0.25) is 28.8 Å². The van der Waals surface area contributed by atoms with Gasteiger partial charge in [0.25, 0.3) is 0 Å². The van der Waals surface area contributed by atoms with Crippen LogP contribution in [0.3, 0.4) is 0 Å². The van der Waals surface area contributed by atoms with E-state index >= 15 is 0 Å². The number of carbonyl (C=O) groups is 7. The lowest BCUT2D eigenvalue weighted by Gasteiger charge is -2.24. The molecule has 0 spiro atoms. The predicted octanol–water partition coefficient (Wildman–Crippen LogP) is 0.410. The highest BCUT2D eigenvalue weighted by Gasteiger charge is 2.29. The Labute approximate surface area is 326 Å². The van der Waals surface area contributed by atoms with E-state index in [0.717, 1.165) is 19.3 Å². The van der Waals surface area contributed by atoms with Crippen LogP contribution in [-0.4, -0.2) is 94.0 Å². The molecule has 0 aliphatic rings. The number of phenols is 2. The fourth-order valence-corrected chi connectivity index (χ4v) is 5.49. The smallest absolute Gasteiger partial charge is 0.326 e. The average molecular weight is 782 g/mol. The molecular weight excluding hydrogens is 726 g/mol. The summed E-state index contributed by atoms with van der Waals surface area (Å²) in [6, 6.07) is 7.09. The molecule has 56 heavy (non-hydrogen) atoms. The Balaban J connectivity index is 2.00. The molecule has 6 amide bonds. The van der Waals surface area contributed by atoms with Crippen molar-refractivity contribution in [2.75, 3.05) is 13.1 Å². The van der Waals surface area contributed by atoms with E-state index in [1.165, 1.54) is 54.1 Å². The molecule has 0 bridgehead atoms. The first-order valence-corrected chi connectivity index (χ1v) is 18.3. The number of nitrogens with one attached hydrogen (secondary N) is 5. The summed E-state index contributed by atoms with van der Waals surface area (Å²) in [5.41, 5.74) is 14.0. The third-order valence-electron chi connectivity index (χ3n) is 9.05. The number of carboxylic acid groups (broad SMARTS) is 1. The molecule has 2 rings (SSSR count). The van der Waals surface area contributed by atoms with Gasteiger partial charge in [-0.25, -0.2) is 4.79 Å². The third-order valence-corrected chi connectivity index (χ3v) is 9.05. The van der Waals surface area contributed by atoms with Gasteiger partial charge in [-0.2, -0.15) is 0 Å². The predicted molar refractivity (Wildman–Crippen MR) is 207 cm³/mol. The first-order valence-electron chi connectivity index (χ1n) is 18.3. The van der Waals surface area contributed by atoms with Gasteiger partial charge < -0.3 is 53.4 Å². The van der Waals surface area contributed by atoms with Gasteiger partial charge in [0.05, 0.1) is 13.0 Å². The molecule has 12 N–H and O–H groups in total. The SMILES string of the molecule is C/C=C(\C)CCC[C@H](C)[C@@H](N)CC(=O)N[C@@H](CC(N)=O)C(=O)N[C@@H](Cc1ccc(O)cc1)C(=O)NCC(=O)NCCC(=O)N[C@@H](Cc1ccc(O)cc1)C(=O)O. The van der Waals surface area contributed by atoms with Crippen LogP contribution < -0.4 is 38.1 Å². The highest BCUT2D eigenvalue weighted by atomic mass is 16.4. The van der Waals surface area contributed by atoms with Crippen LogP contribution in [0.1, 0.15) is 70.4 Å². The van der Waals surface area contributed by atoms with Gasteiger partial charge in [0.15, 0.2) is 0 Å². The van der Waals surface area contributed by atoms with E-state index in [0.29, 0.717) is 11.1 Å². The first kappa shape index (κ1) is 46.2. The number of carbonyl (C=O) groups excluding carboxylic acids is 6. The second-order valence-electron chi connectivity index (χ2n) is 13.7. The third kappa shape index (κ3) is 17.9. The van der Waals surface area contributed by atoms with E-state index in [1.807, 2.05) is 26.8 Å². The minimum absolute atomic E-state index is 0.00616. The molecule has 0 aliphatic carbocycles. The zero-order valence-electron chi connectivity index (χ0n) is 32.0. The van der Waals surface area contributed by atoms with Crippen molar-refractivity contribution in [2.45, 2.75) is 96.3 Å². The Kier molecular flexibility index (Phi) is 19.6. The number of aromatic hydroxyl groups is 2. The van der Waals surface area contributed by atoms with E-state index in [1.54, 1.807) is 0 Å². The lowest BCUT2D eigenvalue weighted by molar-refractivity contribution is -0.141. The van der Waals surface area contributed by atoms with Gasteiger partial charge >= 0.3 is 5.97 Å². The number of allylic oxidation sites excluding steroid dienone is 2. The maximum atomic E-state index is 13.5. The summed E-state index contributed by atoms with van der Waals surface area (Å²) in [4.78, 5) is 88.3. The van der Waals surface area contributed by atoms with Crippen LogP contribution >= 0.6 is 0 Å². The Hall–Kier alpha value is -5.97. The zero-order chi connectivity index (χ0) is 41.8. The minimum Gasteiger partial charge on any atom is -0.508 e. The second kappa shape index (κ2) is 23.7. The molecule has 5 atom stereocenters. The molecule has 0 saturated carbocycles. The first-order chi connectivity index (χ1) is 26.5. The summed E-state index contributed by atoms with van der Waals surface area (Å²) >= 11 is 0. The van der Waals surface area contributed by atoms with Crippen LogP contribution in [0.5, 0.6) is 11.5 Å². The van der Waals surface area contributed by atoms with Crippen LogP contribution in [0.4, 0.5) is 0 Å². The molecule has 0 aromatic heterocycles. The van der Waals surface area contributed by atoms with Crippen LogP contribution in [0, 0.1) is 5.92 Å². The molecular formula is C39H55N7O10. The standard InChI is InChI=1S/C39H55N7O10/c1-4-23(2)6-5-7-24(3)29(40)20-35(51)44-31(21-33(41)49)38(54)46-30(18-25-8-12-27(47)13-9-25)37(53)43-22-36(52)42-17-16-34(50)45-32(39(55)56)19-26-10-14-28(48)15-11-26/h4,8-15,24,29-32,47-48H,5-7,16-22,40H2,1-3H3,(H2,41,49)(H,42,52)(H,43,53)(H,44,51)(H,45,50)(H,46,54)(H,55,56)/b23-4+/t24-,29-,30-,31-,32-/m0/s1. The van der Waals surface area contributed by atoms with Gasteiger partial charge in [0.1, 0.15) is 29.6 Å². The van der Waals surface area contributed by atoms with Crippen molar-refractivity contribution < 1.29 is 48.9 Å². The summed E-state index contributed by atoms with van der Waals surface area (Å²) in [6.45, 7) is 5.18. The van der Waals surface area contributed by atoms with Crippen molar-refractivity contribution in [1.29, 1.82) is 0 Å². The lowest BCUT2D eigenvalue weighted by atomic mass is 9.93. The maximum Gasteiger partial charge on any atom is 0.326 e. The number of benzene rings is 2. The van der Waals surface area contributed by atoms with Gasteiger partial charge in [0, 0.05) is 38.3 Å². The summed E-state index contributed by atoms with van der Waals surface area (Å²) in [7, 11) is 0. The molecule has 0 aliphatic heterocycles. The average Bonchev–Trinajstić information content (AvgIpc) is 3.14. The number of rotatable bonds is 24. The molecule has 0 heterocycles. The molecule has 0 unspecified atom stereocenters. The number of carboxylic acids is 1. The number of amides is 6. The van der Waals surface area contributed by atoms with Gasteiger partial charge in [-0.15, -0.1) is 0 Å². The molecule has 0 fully saturated rings.